The minimum Gasteiger partial charge on any atom is -0.465 e. The van der Waals surface area contributed by atoms with Gasteiger partial charge in [0, 0.05) is 77.5 Å². The summed E-state index contributed by atoms with van der Waals surface area (Å²) >= 11 is 0. The summed E-state index contributed by atoms with van der Waals surface area (Å²) in [5, 5.41) is 27.7. The van der Waals surface area contributed by atoms with Crippen LogP contribution in [0, 0.1) is 0 Å². The van der Waals surface area contributed by atoms with Crippen LogP contribution in [0.15, 0.2) is 34.7 Å². The molecule has 0 unspecified atom stereocenters. The normalized spacial score (nSPS) is 12.3. The van der Waals surface area contributed by atoms with Gasteiger partial charge < -0.3 is 25.3 Å². The Morgan fingerprint density at radius 1 is 0.708 bits per heavy atom. The number of amides is 2. The lowest BCUT2D eigenvalue weighted by molar-refractivity contribution is 0.0989. The van der Waals surface area contributed by atoms with Crippen molar-refractivity contribution in [3.8, 4) is 0 Å². The van der Waals surface area contributed by atoms with E-state index in [1.54, 1.807) is 24.3 Å². The molecule has 3 rings (SSSR count). The zero-order valence-corrected chi connectivity index (χ0v) is 29.4. The van der Waals surface area contributed by atoms with E-state index in [-0.39, 0.29) is 65.8 Å². The van der Waals surface area contributed by atoms with Crippen LogP contribution >= 0.6 is 0 Å². The monoisotopic (exact) mass is 712 g/mol. The lowest BCUT2D eigenvalue weighted by Gasteiger charge is -2.26. The molecule has 2 aromatic carbocycles. The van der Waals surface area contributed by atoms with Crippen molar-refractivity contribution in [1.82, 2.24) is 19.2 Å². The molecule has 1 aromatic heterocycles. The molecular weight excluding hydrogens is 668 g/mol. The average Bonchev–Trinajstić information content (AvgIpc) is 3.45. The number of benzene rings is 2. The van der Waals surface area contributed by atoms with Crippen LogP contribution < -0.4 is 20.4 Å². The third-order valence-electron chi connectivity index (χ3n) is 7.65. The average molecular weight is 713 g/mol. The summed E-state index contributed by atoms with van der Waals surface area (Å²) < 4.78 is 56.3. The number of anilines is 2. The number of ketones is 1. The standard InChI is InChI=1S/C30H44N6O10S2/c1-21(37)25-20-24-26(35(29(38)39)16-8-12-31-14-18-47(42,43)33(2)3)22-10-6-7-11-23(22)27(28(24)46-25)36(30(40)41)17-9-13-32-15-19-48(44,45)34(4)5/h6-7,10-11,20,31-32H,8-9,12-19H2,1-5H3,(H,38,39)(H,40,41). The van der Waals surface area contributed by atoms with E-state index in [0.29, 0.717) is 36.7 Å². The van der Waals surface area contributed by atoms with Crippen molar-refractivity contribution in [2.75, 3.05) is 88.8 Å². The molecule has 48 heavy (non-hydrogen) atoms. The van der Waals surface area contributed by atoms with Gasteiger partial charge in [0.25, 0.3) is 0 Å². The van der Waals surface area contributed by atoms with Crippen LogP contribution in [0.5, 0.6) is 0 Å². The Kier molecular flexibility index (Phi) is 13.3. The summed E-state index contributed by atoms with van der Waals surface area (Å²) in [6.07, 6.45) is -1.97. The first-order valence-electron chi connectivity index (χ1n) is 15.2. The molecule has 0 spiro atoms. The highest BCUT2D eigenvalue weighted by Gasteiger charge is 2.30. The molecule has 0 aliphatic carbocycles. The Morgan fingerprint density at radius 2 is 1.15 bits per heavy atom. The van der Waals surface area contributed by atoms with Gasteiger partial charge in [0.15, 0.2) is 17.1 Å². The third-order valence-corrected chi connectivity index (χ3v) is 11.3. The smallest absolute Gasteiger partial charge is 0.411 e. The summed E-state index contributed by atoms with van der Waals surface area (Å²) in [5.41, 5.74) is 0.394. The van der Waals surface area contributed by atoms with Gasteiger partial charge in [-0.25, -0.2) is 35.0 Å². The summed E-state index contributed by atoms with van der Waals surface area (Å²) in [5.74, 6) is -0.757. The summed E-state index contributed by atoms with van der Waals surface area (Å²) in [7, 11) is -1.00. The van der Waals surface area contributed by atoms with Gasteiger partial charge in [0.1, 0.15) is 0 Å². The maximum Gasteiger partial charge on any atom is 0.411 e. The highest BCUT2D eigenvalue weighted by molar-refractivity contribution is 7.89. The van der Waals surface area contributed by atoms with Gasteiger partial charge in [-0.1, -0.05) is 24.3 Å². The first kappa shape index (κ1) is 38.6. The molecule has 3 aromatic rings. The number of fused-ring (bicyclic) bond motifs is 2. The number of carbonyl (C=O) groups is 3. The fourth-order valence-electron chi connectivity index (χ4n) is 4.99. The number of hydrogen-bond acceptors (Lipinski definition) is 10. The molecule has 0 saturated carbocycles. The second-order valence-electron chi connectivity index (χ2n) is 11.4. The van der Waals surface area contributed by atoms with Crippen molar-refractivity contribution in [3.63, 3.8) is 0 Å². The Labute approximate surface area is 280 Å². The molecule has 0 fully saturated rings. The van der Waals surface area contributed by atoms with Crippen molar-refractivity contribution in [3.05, 3.63) is 36.1 Å². The molecule has 0 saturated heterocycles. The SMILES string of the molecule is CC(=O)c1cc2c(N(CCCNCCS(=O)(=O)N(C)C)C(=O)O)c3ccccc3c(N(CCCNCCS(=O)(=O)N(C)C)C(=O)O)c2o1. The van der Waals surface area contributed by atoms with E-state index < -0.39 is 38.0 Å². The number of furan rings is 1. The molecule has 0 bridgehead atoms. The lowest BCUT2D eigenvalue weighted by atomic mass is 10.0. The Balaban J connectivity index is 1.96. The highest BCUT2D eigenvalue weighted by Crippen LogP contribution is 2.45. The minimum absolute atomic E-state index is 0.000351. The van der Waals surface area contributed by atoms with E-state index >= 15 is 0 Å². The lowest BCUT2D eigenvalue weighted by Crippen LogP contribution is -2.35. The van der Waals surface area contributed by atoms with Crippen LogP contribution in [0.2, 0.25) is 0 Å². The molecule has 0 aliphatic heterocycles. The Bertz CT molecular complexity index is 1720. The van der Waals surface area contributed by atoms with Gasteiger partial charge in [0.2, 0.25) is 20.0 Å². The van der Waals surface area contributed by atoms with Crippen LogP contribution in [0.25, 0.3) is 21.7 Å². The highest BCUT2D eigenvalue weighted by atomic mass is 32.2. The van der Waals surface area contributed by atoms with Gasteiger partial charge in [0.05, 0.1) is 22.9 Å². The number of hydrogen-bond donors (Lipinski definition) is 4. The van der Waals surface area contributed by atoms with Gasteiger partial charge in [-0.2, -0.15) is 0 Å². The first-order chi connectivity index (χ1) is 22.5. The van der Waals surface area contributed by atoms with E-state index in [4.69, 9.17) is 4.42 Å². The number of nitrogens with one attached hydrogen (secondary N) is 2. The Morgan fingerprint density at radius 3 is 1.56 bits per heavy atom. The molecular formula is C30H44N6O10S2. The quantitative estimate of drug-likeness (QED) is 0.0803. The van der Waals surface area contributed by atoms with Gasteiger partial charge in [-0.05, 0) is 32.0 Å². The molecule has 0 radical (unpaired) electrons. The molecule has 1 heterocycles. The topological polar surface area (TPSA) is 210 Å². The Hall–Kier alpha value is -3.81. The first-order valence-corrected chi connectivity index (χ1v) is 18.4. The number of carbonyl (C=O) groups excluding carboxylic acids is 1. The fourth-order valence-corrected chi connectivity index (χ4v) is 6.52. The van der Waals surface area contributed by atoms with Crippen LogP contribution in [-0.4, -0.2) is 133 Å². The second kappa shape index (κ2) is 16.5. The van der Waals surface area contributed by atoms with Crippen LogP contribution in [0.4, 0.5) is 21.0 Å². The summed E-state index contributed by atoms with van der Waals surface area (Å²) in [4.78, 5) is 40.0. The van der Waals surface area contributed by atoms with Crippen LogP contribution in [-0.2, 0) is 20.0 Å². The molecule has 266 valence electrons. The zero-order chi connectivity index (χ0) is 35.8. The predicted molar refractivity (Wildman–Crippen MR) is 184 cm³/mol. The maximum absolute atomic E-state index is 12.7. The van der Waals surface area contributed by atoms with Crippen molar-refractivity contribution in [2.45, 2.75) is 19.8 Å². The van der Waals surface area contributed by atoms with Gasteiger partial charge >= 0.3 is 12.2 Å². The second-order valence-corrected chi connectivity index (χ2v) is 16.0. The van der Waals surface area contributed by atoms with Crippen LogP contribution in [0.3, 0.4) is 0 Å². The summed E-state index contributed by atoms with van der Waals surface area (Å²) in [6, 6.07) is 8.10. The van der Waals surface area contributed by atoms with Crippen molar-refractivity contribution >= 4 is 71.1 Å². The fraction of sp³-hybridized carbons (Fsp3) is 0.500. The van der Waals surface area contributed by atoms with E-state index in [1.807, 2.05) is 0 Å². The van der Waals surface area contributed by atoms with E-state index in [1.165, 1.54) is 41.2 Å². The third kappa shape index (κ3) is 9.42. The molecule has 0 atom stereocenters. The molecule has 2 amide bonds. The minimum atomic E-state index is -3.39. The zero-order valence-electron chi connectivity index (χ0n) is 27.7. The number of rotatable bonds is 19. The van der Waals surface area contributed by atoms with Crippen molar-refractivity contribution in [1.29, 1.82) is 0 Å². The molecule has 4 N–H and O–H groups in total. The van der Waals surface area contributed by atoms with Crippen molar-refractivity contribution in [2.24, 2.45) is 0 Å². The molecule has 18 heteroatoms. The number of Topliss-reactive ketones (excluding diaryl/α,β-unsaturated/α-hetero) is 1. The van der Waals surface area contributed by atoms with Gasteiger partial charge in [-0.15, -0.1) is 0 Å². The molecule has 16 nitrogen and oxygen atoms in total. The van der Waals surface area contributed by atoms with E-state index in [2.05, 4.69) is 10.6 Å². The van der Waals surface area contributed by atoms with Gasteiger partial charge in [-0.3, -0.25) is 14.6 Å². The largest absolute Gasteiger partial charge is 0.465 e. The molecule has 0 aliphatic rings. The number of nitrogens with zero attached hydrogens (tertiary/aromatic N) is 4. The number of carboxylic acid groups (broad SMARTS) is 2. The van der Waals surface area contributed by atoms with E-state index in [0.717, 1.165) is 18.4 Å². The maximum atomic E-state index is 12.7. The van der Waals surface area contributed by atoms with E-state index in [9.17, 15) is 41.4 Å². The van der Waals surface area contributed by atoms with Crippen molar-refractivity contribution < 1.29 is 45.8 Å². The summed E-state index contributed by atoms with van der Waals surface area (Å²) in [6.45, 7) is 2.24. The van der Waals surface area contributed by atoms with Crippen LogP contribution in [0.1, 0.15) is 30.3 Å². The number of sulfonamides is 2. The predicted octanol–water partition coefficient (Wildman–Crippen LogP) is 2.50.